The second kappa shape index (κ2) is 33.6. The number of carbonyl (C=O) groups is 2. The third kappa shape index (κ3) is 36.5. The Bertz CT molecular complexity index is 876. The predicted octanol–water partition coefficient (Wildman–Crippen LogP) is 11.0. The van der Waals surface area contributed by atoms with Crippen LogP contribution in [0.15, 0.2) is 12.2 Å². The van der Waals surface area contributed by atoms with E-state index in [2.05, 4.69) is 26.0 Å². The number of rotatable bonds is 37. The molecule has 0 bridgehead atoms. The number of carbonyl (C=O) groups excluding carboxylic acids is 2. The molecular formula is C40H79NO8P+. The molecule has 1 N–H and O–H groups in total. The molecule has 0 aromatic carbocycles. The molecule has 0 saturated carbocycles. The van der Waals surface area contributed by atoms with Gasteiger partial charge in [-0.3, -0.25) is 18.6 Å². The monoisotopic (exact) mass is 733 g/mol. The van der Waals surface area contributed by atoms with E-state index in [1.165, 1.54) is 96.3 Å². The summed E-state index contributed by atoms with van der Waals surface area (Å²) in [6, 6.07) is 0. The van der Waals surface area contributed by atoms with E-state index in [1.54, 1.807) is 0 Å². The van der Waals surface area contributed by atoms with Crippen LogP contribution in [-0.2, 0) is 32.7 Å². The largest absolute Gasteiger partial charge is 0.472 e. The zero-order valence-electron chi connectivity index (χ0n) is 33.1. The van der Waals surface area contributed by atoms with E-state index in [0.717, 1.165) is 51.4 Å². The van der Waals surface area contributed by atoms with Gasteiger partial charge < -0.3 is 18.9 Å². The number of esters is 2. The van der Waals surface area contributed by atoms with Gasteiger partial charge in [0.15, 0.2) is 6.10 Å². The van der Waals surface area contributed by atoms with Gasteiger partial charge in [-0.15, -0.1) is 0 Å². The Hall–Kier alpha value is -1.25. The molecule has 0 aliphatic carbocycles. The van der Waals surface area contributed by atoms with E-state index < -0.39 is 26.5 Å². The second-order valence-corrected chi connectivity index (χ2v) is 16.5. The third-order valence-corrected chi connectivity index (χ3v) is 9.78. The summed E-state index contributed by atoms with van der Waals surface area (Å²) in [5.41, 5.74) is 0. The number of nitrogens with zero attached hydrogens (tertiary/aromatic N) is 1. The highest BCUT2D eigenvalue weighted by Crippen LogP contribution is 2.43. The first-order valence-corrected chi connectivity index (χ1v) is 21.9. The summed E-state index contributed by atoms with van der Waals surface area (Å²) in [5, 5.41) is 0. The molecule has 0 aliphatic heterocycles. The van der Waals surface area contributed by atoms with Crippen molar-refractivity contribution >= 4 is 19.8 Å². The minimum Gasteiger partial charge on any atom is -0.462 e. The predicted molar refractivity (Wildman–Crippen MR) is 206 cm³/mol. The molecule has 0 aliphatic rings. The summed E-state index contributed by atoms with van der Waals surface area (Å²) >= 11 is 0. The van der Waals surface area contributed by atoms with Crippen molar-refractivity contribution in [2.24, 2.45) is 0 Å². The van der Waals surface area contributed by atoms with Crippen molar-refractivity contribution in [1.82, 2.24) is 0 Å². The van der Waals surface area contributed by atoms with Gasteiger partial charge in [-0.05, 0) is 38.5 Å². The molecule has 2 atom stereocenters. The minimum absolute atomic E-state index is 0.0333. The van der Waals surface area contributed by atoms with Crippen molar-refractivity contribution < 1.29 is 42.1 Å². The highest BCUT2D eigenvalue weighted by Gasteiger charge is 2.27. The van der Waals surface area contributed by atoms with Crippen molar-refractivity contribution in [2.45, 2.75) is 187 Å². The van der Waals surface area contributed by atoms with Gasteiger partial charge in [0, 0.05) is 12.8 Å². The summed E-state index contributed by atoms with van der Waals surface area (Å²) in [7, 11) is 1.48. The molecule has 50 heavy (non-hydrogen) atoms. The Morgan fingerprint density at radius 1 is 0.600 bits per heavy atom. The molecule has 0 aromatic rings. The first-order chi connectivity index (χ1) is 24.0. The molecule has 0 aromatic heterocycles. The Balaban J connectivity index is 4.38. The van der Waals surface area contributed by atoms with E-state index in [-0.39, 0.29) is 32.0 Å². The fourth-order valence-electron chi connectivity index (χ4n) is 5.54. The van der Waals surface area contributed by atoms with Crippen LogP contribution in [0.5, 0.6) is 0 Å². The van der Waals surface area contributed by atoms with Crippen molar-refractivity contribution in [3.63, 3.8) is 0 Å². The number of ether oxygens (including phenoxy) is 2. The maximum atomic E-state index is 12.6. The third-order valence-electron chi connectivity index (χ3n) is 8.80. The van der Waals surface area contributed by atoms with Gasteiger partial charge in [0.25, 0.3) is 0 Å². The smallest absolute Gasteiger partial charge is 0.462 e. The van der Waals surface area contributed by atoms with Crippen LogP contribution >= 0.6 is 7.82 Å². The number of likely N-dealkylation sites (N-methyl/N-ethyl adjacent to an activating group) is 1. The van der Waals surface area contributed by atoms with Gasteiger partial charge >= 0.3 is 19.8 Å². The van der Waals surface area contributed by atoms with Gasteiger partial charge in [-0.2, -0.15) is 0 Å². The average molecular weight is 733 g/mol. The van der Waals surface area contributed by atoms with Crippen molar-refractivity contribution in [2.75, 3.05) is 47.5 Å². The van der Waals surface area contributed by atoms with Crippen LogP contribution in [0.3, 0.4) is 0 Å². The lowest BCUT2D eigenvalue weighted by Crippen LogP contribution is -2.37. The minimum atomic E-state index is -4.36. The van der Waals surface area contributed by atoms with E-state index >= 15 is 0 Å². The van der Waals surface area contributed by atoms with Gasteiger partial charge in [-0.1, -0.05) is 142 Å². The summed E-state index contributed by atoms with van der Waals surface area (Å²) in [4.78, 5) is 35.2. The SMILES string of the molecule is CCCCCCCC/C=C\CCCCCCCC(=O)OC[C@H](COP(=O)(O)OCC[N+](C)(C)C)OC(=O)CCCCCCCCCCCCC. The zero-order chi connectivity index (χ0) is 37.2. The lowest BCUT2D eigenvalue weighted by Gasteiger charge is -2.24. The molecule has 0 amide bonds. The zero-order valence-corrected chi connectivity index (χ0v) is 34.0. The van der Waals surface area contributed by atoms with Gasteiger partial charge in [0.2, 0.25) is 0 Å². The normalized spacial score (nSPS) is 13.8. The number of unbranched alkanes of at least 4 members (excludes halogenated alkanes) is 21. The van der Waals surface area contributed by atoms with Crippen LogP contribution in [0.1, 0.15) is 181 Å². The lowest BCUT2D eigenvalue weighted by molar-refractivity contribution is -0.870. The molecule has 10 heteroatoms. The van der Waals surface area contributed by atoms with Gasteiger partial charge in [-0.25, -0.2) is 4.57 Å². The molecule has 1 unspecified atom stereocenters. The van der Waals surface area contributed by atoms with Gasteiger partial charge in [0.05, 0.1) is 27.7 Å². The number of hydrogen-bond acceptors (Lipinski definition) is 7. The maximum absolute atomic E-state index is 12.6. The quantitative estimate of drug-likeness (QED) is 0.0221. The number of phosphoric acid groups is 1. The Morgan fingerprint density at radius 2 is 1.02 bits per heavy atom. The van der Waals surface area contributed by atoms with Crippen LogP contribution in [0.25, 0.3) is 0 Å². The Labute approximate surface area is 307 Å². The van der Waals surface area contributed by atoms with Crippen LogP contribution < -0.4 is 0 Å². The topological polar surface area (TPSA) is 108 Å². The standard InChI is InChI=1S/C40H78NO8P/c1-6-8-10-12-14-16-18-19-20-21-23-24-26-28-30-32-39(42)46-36-38(37-48-50(44,45)47-35-34-41(3,4)5)49-40(43)33-31-29-27-25-22-17-15-13-11-9-7-2/h19-20,38H,6-18,21-37H2,1-5H3/p+1/b20-19-/t38-/m1/s1. The maximum Gasteiger partial charge on any atom is 0.472 e. The Morgan fingerprint density at radius 3 is 1.48 bits per heavy atom. The summed E-state index contributed by atoms with van der Waals surface area (Å²) in [6.07, 6.45) is 32.5. The van der Waals surface area contributed by atoms with Crippen LogP contribution in [-0.4, -0.2) is 74.9 Å². The summed E-state index contributed by atoms with van der Waals surface area (Å²) in [6.45, 7) is 4.40. The van der Waals surface area contributed by atoms with Crippen molar-refractivity contribution in [3.05, 3.63) is 12.2 Å². The fourth-order valence-corrected chi connectivity index (χ4v) is 6.28. The highest BCUT2D eigenvalue weighted by atomic mass is 31.2. The molecule has 296 valence electrons. The van der Waals surface area contributed by atoms with Crippen LogP contribution in [0, 0.1) is 0 Å². The molecule has 0 heterocycles. The average Bonchev–Trinajstić information content (AvgIpc) is 3.06. The van der Waals surface area contributed by atoms with Crippen molar-refractivity contribution in [1.29, 1.82) is 0 Å². The van der Waals surface area contributed by atoms with E-state index in [0.29, 0.717) is 17.4 Å². The number of allylic oxidation sites excluding steroid dienone is 2. The molecule has 0 rings (SSSR count). The van der Waals surface area contributed by atoms with E-state index in [9.17, 15) is 19.0 Å². The second-order valence-electron chi connectivity index (χ2n) is 15.0. The van der Waals surface area contributed by atoms with E-state index in [1.807, 2.05) is 21.1 Å². The molecule has 0 saturated heterocycles. The number of quaternary nitrogens is 1. The molecule has 0 radical (unpaired) electrons. The number of hydrogen-bond donors (Lipinski definition) is 1. The summed E-state index contributed by atoms with van der Waals surface area (Å²) < 4.78 is 34.2. The first-order valence-electron chi connectivity index (χ1n) is 20.4. The van der Waals surface area contributed by atoms with Crippen molar-refractivity contribution in [3.8, 4) is 0 Å². The number of phosphoric ester groups is 1. The Kier molecular flexibility index (Phi) is 32.7. The van der Waals surface area contributed by atoms with Gasteiger partial charge in [0.1, 0.15) is 19.8 Å². The summed E-state index contributed by atoms with van der Waals surface area (Å²) in [5.74, 6) is -0.804. The van der Waals surface area contributed by atoms with Crippen LogP contribution in [0.4, 0.5) is 0 Å². The van der Waals surface area contributed by atoms with Crippen LogP contribution in [0.2, 0.25) is 0 Å². The molecular weight excluding hydrogens is 653 g/mol. The highest BCUT2D eigenvalue weighted by molar-refractivity contribution is 7.47. The molecule has 9 nitrogen and oxygen atoms in total. The molecule has 0 spiro atoms. The molecule has 0 fully saturated rings. The first kappa shape index (κ1) is 48.8. The fraction of sp³-hybridized carbons (Fsp3) is 0.900. The van der Waals surface area contributed by atoms with E-state index in [4.69, 9.17) is 18.5 Å². The lowest BCUT2D eigenvalue weighted by atomic mass is 10.1.